The summed E-state index contributed by atoms with van der Waals surface area (Å²) < 4.78 is 13.9. The quantitative estimate of drug-likeness (QED) is 0.857. The standard InChI is InChI=1S/C22H34FN3O/c1-17-8-10-20(11-9-17)24-22(27)18(2)26-13-5-12-25(14-15-26)16-19-6-3-4-7-21(19)23/h3-4,6-7,17-18,20H,5,8-16H2,1-2H3,(H,24,27). The fraction of sp³-hybridized carbons (Fsp3) is 0.682. The summed E-state index contributed by atoms with van der Waals surface area (Å²) in [6.45, 7) is 8.54. The summed E-state index contributed by atoms with van der Waals surface area (Å²) in [4.78, 5) is 17.3. The predicted octanol–water partition coefficient (Wildman–Crippen LogP) is 3.42. The molecule has 2 fully saturated rings. The smallest absolute Gasteiger partial charge is 0.237 e. The zero-order chi connectivity index (χ0) is 19.2. The second-order valence-corrected chi connectivity index (χ2v) is 8.40. The Morgan fingerprint density at radius 1 is 1.15 bits per heavy atom. The van der Waals surface area contributed by atoms with Crippen LogP contribution in [0.5, 0.6) is 0 Å². The monoisotopic (exact) mass is 375 g/mol. The minimum atomic E-state index is -0.131. The molecule has 1 amide bonds. The maximum absolute atomic E-state index is 13.9. The molecule has 0 spiro atoms. The number of hydrogen-bond donors (Lipinski definition) is 1. The van der Waals surface area contributed by atoms with Crippen LogP contribution in [0.4, 0.5) is 4.39 Å². The maximum atomic E-state index is 13.9. The Kier molecular flexibility index (Phi) is 7.25. The largest absolute Gasteiger partial charge is 0.352 e. The molecule has 1 aromatic carbocycles. The first-order valence-electron chi connectivity index (χ1n) is 10.5. The molecular weight excluding hydrogens is 341 g/mol. The molecule has 1 saturated carbocycles. The van der Waals surface area contributed by atoms with E-state index in [2.05, 4.69) is 22.0 Å². The Labute approximate surface area is 163 Å². The molecule has 1 aliphatic carbocycles. The van der Waals surface area contributed by atoms with Crippen molar-refractivity contribution in [3.05, 3.63) is 35.6 Å². The fourth-order valence-electron chi connectivity index (χ4n) is 4.30. The maximum Gasteiger partial charge on any atom is 0.237 e. The molecule has 150 valence electrons. The van der Waals surface area contributed by atoms with Crippen molar-refractivity contribution in [1.82, 2.24) is 15.1 Å². The van der Waals surface area contributed by atoms with Crippen LogP contribution in [0.15, 0.2) is 24.3 Å². The molecule has 0 aromatic heterocycles. The second-order valence-electron chi connectivity index (χ2n) is 8.40. The normalized spacial score (nSPS) is 26.3. The number of nitrogens with one attached hydrogen (secondary N) is 1. The lowest BCUT2D eigenvalue weighted by molar-refractivity contribution is -0.126. The SMILES string of the molecule is CC1CCC(NC(=O)C(C)N2CCCN(Cc3ccccc3F)CC2)CC1. The highest BCUT2D eigenvalue weighted by Crippen LogP contribution is 2.23. The Hall–Kier alpha value is -1.46. The number of benzene rings is 1. The van der Waals surface area contributed by atoms with Gasteiger partial charge in [0.25, 0.3) is 0 Å². The number of amides is 1. The van der Waals surface area contributed by atoms with Crippen molar-refractivity contribution in [2.24, 2.45) is 5.92 Å². The highest BCUT2D eigenvalue weighted by Gasteiger charge is 2.27. The number of halogens is 1. The van der Waals surface area contributed by atoms with Crippen LogP contribution in [-0.2, 0) is 11.3 Å². The molecule has 2 aliphatic rings. The lowest BCUT2D eigenvalue weighted by Gasteiger charge is -2.31. The summed E-state index contributed by atoms with van der Waals surface area (Å²) in [5.74, 6) is 0.826. The van der Waals surface area contributed by atoms with Crippen molar-refractivity contribution in [1.29, 1.82) is 0 Å². The highest BCUT2D eigenvalue weighted by molar-refractivity contribution is 5.81. The first-order chi connectivity index (χ1) is 13.0. The summed E-state index contributed by atoms with van der Waals surface area (Å²) in [6.07, 6.45) is 5.65. The van der Waals surface area contributed by atoms with E-state index < -0.39 is 0 Å². The van der Waals surface area contributed by atoms with Crippen LogP contribution in [0.3, 0.4) is 0 Å². The molecule has 1 heterocycles. The van der Waals surface area contributed by atoms with Gasteiger partial charge in [0.15, 0.2) is 0 Å². The van der Waals surface area contributed by atoms with Gasteiger partial charge in [-0.15, -0.1) is 0 Å². The van der Waals surface area contributed by atoms with Gasteiger partial charge in [-0.1, -0.05) is 25.1 Å². The predicted molar refractivity (Wildman–Crippen MR) is 107 cm³/mol. The first-order valence-corrected chi connectivity index (χ1v) is 10.5. The van der Waals surface area contributed by atoms with Gasteiger partial charge in [-0.2, -0.15) is 0 Å². The lowest BCUT2D eigenvalue weighted by atomic mass is 9.87. The second kappa shape index (κ2) is 9.65. The van der Waals surface area contributed by atoms with Crippen LogP contribution in [0, 0.1) is 11.7 Å². The van der Waals surface area contributed by atoms with E-state index in [9.17, 15) is 9.18 Å². The number of hydrogen-bond acceptors (Lipinski definition) is 3. The van der Waals surface area contributed by atoms with Gasteiger partial charge in [0.1, 0.15) is 5.82 Å². The average Bonchev–Trinajstić information content (AvgIpc) is 2.90. The van der Waals surface area contributed by atoms with Gasteiger partial charge >= 0.3 is 0 Å². The average molecular weight is 376 g/mol. The van der Waals surface area contributed by atoms with Crippen molar-refractivity contribution in [3.8, 4) is 0 Å². The van der Waals surface area contributed by atoms with Crippen LogP contribution in [0.1, 0.15) is 51.5 Å². The van der Waals surface area contributed by atoms with Crippen molar-refractivity contribution >= 4 is 5.91 Å². The summed E-state index contributed by atoms with van der Waals surface area (Å²) in [6, 6.07) is 7.26. The number of carbonyl (C=O) groups is 1. The molecule has 5 heteroatoms. The van der Waals surface area contributed by atoms with E-state index >= 15 is 0 Å². The summed E-state index contributed by atoms with van der Waals surface area (Å²) in [5.41, 5.74) is 0.753. The van der Waals surface area contributed by atoms with E-state index in [1.54, 1.807) is 6.07 Å². The van der Waals surface area contributed by atoms with E-state index in [0.717, 1.165) is 56.9 Å². The first kappa shape index (κ1) is 20.3. The molecular formula is C22H34FN3O. The summed E-state index contributed by atoms with van der Waals surface area (Å²) in [5, 5.41) is 3.27. The molecule has 1 atom stereocenters. The molecule has 3 rings (SSSR count). The molecule has 0 bridgehead atoms. The van der Waals surface area contributed by atoms with Crippen LogP contribution < -0.4 is 5.32 Å². The van der Waals surface area contributed by atoms with Gasteiger partial charge < -0.3 is 5.32 Å². The van der Waals surface area contributed by atoms with Crippen LogP contribution >= 0.6 is 0 Å². The van der Waals surface area contributed by atoms with Crippen LogP contribution in [-0.4, -0.2) is 54.0 Å². The van der Waals surface area contributed by atoms with Crippen molar-refractivity contribution in [2.75, 3.05) is 26.2 Å². The Morgan fingerprint density at radius 3 is 2.63 bits per heavy atom. The van der Waals surface area contributed by atoms with Gasteiger partial charge in [-0.05, 0) is 57.6 Å². The van der Waals surface area contributed by atoms with Gasteiger partial charge in [0.05, 0.1) is 6.04 Å². The Balaban J connectivity index is 1.48. The van der Waals surface area contributed by atoms with Gasteiger partial charge in [0.2, 0.25) is 5.91 Å². The minimum absolute atomic E-state index is 0.0993. The zero-order valence-electron chi connectivity index (χ0n) is 16.8. The lowest BCUT2D eigenvalue weighted by Crippen LogP contribution is -2.49. The third-order valence-corrected chi connectivity index (χ3v) is 6.26. The fourth-order valence-corrected chi connectivity index (χ4v) is 4.30. The van der Waals surface area contributed by atoms with Crippen LogP contribution in [0.2, 0.25) is 0 Å². The van der Waals surface area contributed by atoms with Crippen molar-refractivity contribution in [2.45, 2.75) is 64.6 Å². The van der Waals surface area contributed by atoms with Crippen molar-refractivity contribution < 1.29 is 9.18 Å². The summed E-state index contributed by atoms with van der Waals surface area (Å²) in [7, 11) is 0. The topological polar surface area (TPSA) is 35.6 Å². The summed E-state index contributed by atoms with van der Waals surface area (Å²) >= 11 is 0. The van der Waals surface area contributed by atoms with Crippen molar-refractivity contribution in [3.63, 3.8) is 0 Å². The molecule has 1 N–H and O–H groups in total. The molecule has 1 aliphatic heterocycles. The van der Waals surface area contributed by atoms with Crippen LogP contribution in [0.25, 0.3) is 0 Å². The third kappa shape index (κ3) is 5.76. The Bertz CT molecular complexity index is 615. The Morgan fingerprint density at radius 2 is 1.89 bits per heavy atom. The van der Waals surface area contributed by atoms with Gasteiger partial charge in [-0.3, -0.25) is 14.6 Å². The molecule has 4 nitrogen and oxygen atoms in total. The van der Waals surface area contributed by atoms with E-state index in [4.69, 9.17) is 0 Å². The molecule has 27 heavy (non-hydrogen) atoms. The molecule has 1 saturated heterocycles. The molecule has 0 radical (unpaired) electrons. The number of carbonyl (C=O) groups excluding carboxylic acids is 1. The molecule has 1 unspecified atom stereocenters. The molecule has 1 aromatic rings. The van der Waals surface area contributed by atoms with Gasteiger partial charge in [0, 0.05) is 37.8 Å². The number of rotatable bonds is 5. The highest BCUT2D eigenvalue weighted by atomic mass is 19.1. The minimum Gasteiger partial charge on any atom is -0.352 e. The third-order valence-electron chi connectivity index (χ3n) is 6.26. The van der Waals surface area contributed by atoms with E-state index in [-0.39, 0.29) is 17.8 Å². The van der Waals surface area contributed by atoms with E-state index in [1.165, 1.54) is 18.9 Å². The van der Waals surface area contributed by atoms with E-state index in [0.29, 0.717) is 12.6 Å². The zero-order valence-corrected chi connectivity index (χ0v) is 16.8. The van der Waals surface area contributed by atoms with Gasteiger partial charge in [-0.25, -0.2) is 4.39 Å². The van der Waals surface area contributed by atoms with E-state index in [1.807, 2.05) is 19.1 Å². The number of nitrogens with zero attached hydrogens (tertiary/aromatic N) is 2.